The van der Waals surface area contributed by atoms with Gasteiger partial charge in [-0.15, -0.1) is 0 Å². The van der Waals surface area contributed by atoms with Crippen molar-refractivity contribution in [2.24, 2.45) is 0 Å². The summed E-state index contributed by atoms with van der Waals surface area (Å²) in [5.41, 5.74) is 1.65. The van der Waals surface area contributed by atoms with Crippen molar-refractivity contribution in [1.29, 1.82) is 0 Å². The van der Waals surface area contributed by atoms with Gasteiger partial charge in [-0.05, 0) is 43.7 Å². The molecule has 1 atom stereocenters. The number of carbonyl (C=O) groups is 2. The monoisotopic (exact) mass is 326 g/mol. The molecule has 0 aromatic heterocycles. The van der Waals surface area contributed by atoms with Crippen LogP contribution in [-0.2, 0) is 4.79 Å². The van der Waals surface area contributed by atoms with E-state index in [1.165, 1.54) is 0 Å². The Hall–Kier alpha value is -2.82. The largest absolute Gasteiger partial charge is 0.492 e. The van der Waals surface area contributed by atoms with Gasteiger partial charge in [0.05, 0.1) is 6.54 Å². The normalized spacial score (nSPS) is 11.4. The van der Waals surface area contributed by atoms with Gasteiger partial charge in [0, 0.05) is 5.56 Å². The van der Waals surface area contributed by atoms with Gasteiger partial charge in [-0.25, -0.2) is 0 Å². The minimum absolute atomic E-state index is 0.243. The van der Waals surface area contributed by atoms with Gasteiger partial charge >= 0.3 is 0 Å². The Morgan fingerprint density at radius 2 is 1.83 bits per heavy atom. The van der Waals surface area contributed by atoms with Gasteiger partial charge in [-0.3, -0.25) is 9.59 Å². The maximum absolute atomic E-state index is 12.0. The van der Waals surface area contributed by atoms with Gasteiger partial charge in [0.1, 0.15) is 18.4 Å². The zero-order valence-corrected chi connectivity index (χ0v) is 13.9. The highest BCUT2D eigenvalue weighted by molar-refractivity contribution is 5.97. The van der Waals surface area contributed by atoms with Gasteiger partial charge in [0.25, 0.3) is 5.91 Å². The average molecular weight is 326 g/mol. The van der Waals surface area contributed by atoms with Crippen LogP contribution >= 0.6 is 0 Å². The lowest BCUT2D eigenvalue weighted by Gasteiger charge is -2.14. The van der Waals surface area contributed by atoms with Crippen molar-refractivity contribution in [3.63, 3.8) is 0 Å². The van der Waals surface area contributed by atoms with Crippen LogP contribution in [0, 0.1) is 6.92 Å². The molecule has 1 unspecified atom stereocenters. The van der Waals surface area contributed by atoms with Gasteiger partial charge in [0.15, 0.2) is 0 Å². The van der Waals surface area contributed by atoms with E-state index < -0.39 is 6.04 Å². The average Bonchev–Trinajstić information content (AvgIpc) is 2.59. The molecular weight excluding hydrogens is 304 g/mol. The van der Waals surface area contributed by atoms with E-state index in [2.05, 4.69) is 10.6 Å². The highest BCUT2D eigenvalue weighted by Gasteiger charge is 2.15. The summed E-state index contributed by atoms with van der Waals surface area (Å²) in [5, 5.41) is 5.42. The Balaban J connectivity index is 1.71. The molecule has 2 aromatic rings. The van der Waals surface area contributed by atoms with E-state index >= 15 is 0 Å². The first kappa shape index (κ1) is 17.5. The molecule has 0 aliphatic carbocycles. The lowest BCUT2D eigenvalue weighted by atomic mass is 10.2. The number of carbonyl (C=O) groups excluding carboxylic acids is 2. The van der Waals surface area contributed by atoms with Crippen molar-refractivity contribution >= 4 is 11.8 Å². The third-order valence-corrected chi connectivity index (χ3v) is 3.44. The fourth-order valence-electron chi connectivity index (χ4n) is 2.14. The zero-order chi connectivity index (χ0) is 17.4. The SMILES string of the molecule is Cc1cccc(OCCNC(=O)C(C)NC(=O)c2ccccc2)c1. The lowest BCUT2D eigenvalue weighted by molar-refractivity contribution is -0.122. The van der Waals surface area contributed by atoms with Crippen molar-refractivity contribution in [3.8, 4) is 5.75 Å². The molecule has 2 amide bonds. The number of hydrogen-bond acceptors (Lipinski definition) is 3. The van der Waals surface area contributed by atoms with E-state index in [0.717, 1.165) is 11.3 Å². The van der Waals surface area contributed by atoms with Crippen LogP contribution in [0.4, 0.5) is 0 Å². The molecule has 0 aliphatic heterocycles. The predicted molar refractivity (Wildman–Crippen MR) is 93.1 cm³/mol. The van der Waals surface area contributed by atoms with Gasteiger partial charge in [0.2, 0.25) is 5.91 Å². The fourth-order valence-corrected chi connectivity index (χ4v) is 2.14. The van der Waals surface area contributed by atoms with Crippen molar-refractivity contribution in [3.05, 3.63) is 65.7 Å². The molecular formula is C19H22N2O3. The van der Waals surface area contributed by atoms with Crippen molar-refractivity contribution in [2.45, 2.75) is 19.9 Å². The molecule has 0 radical (unpaired) electrons. The zero-order valence-electron chi connectivity index (χ0n) is 13.9. The first-order valence-corrected chi connectivity index (χ1v) is 7.89. The minimum atomic E-state index is -0.614. The summed E-state index contributed by atoms with van der Waals surface area (Å²) in [7, 11) is 0. The van der Waals surface area contributed by atoms with E-state index in [4.69, 9.17) is 4.74 Å². The van der Waals surface area contributed by atoms with Crippen molar-refractivity contribution in [1.82, 2.24) is 10.6 Å². The number of hydrogen-bond donors (Lipinski definition) is 2. The van der Waals surface area contributed by atoms with Crippen LogP contribution in [0.1, 0.15) is 22.8 Å². The Kier molecular flexibility index (Phi) is 6.37. The van der Waals surface area contributed by atoms with Crippen LogP contribution in [0.5, 0.6) is 5.75 Å². The summed E-state index contributed by atoms with van der Waals surface area (Å²) in [5.74, 6) is 0.260. The standard InChI is InChI=1S/C19H22N2O3/c1-14-7-6-10-17(13-14)24-12-11-20-18(22)15(2)21-19(23)16-8-4-3-5-9-16/h3-10,13,15H,11-12H2,1-2H3,(H,20,22)(H,21,23). The second-order valence-electron chi connectivity index (χ2n) is 5.52. The summed E-state index contributed by atoms with van der Waals surface area (Å²) in [6.45, 7) is 4.39. The second-order valence-corrected chi connectivity index (χ2v) is 5.52. The van der Waals surface area contributed by atoms with E-state index in [0.29, 0.717) is 18.7 Å². The van der Waals surface area contributed by atoms with Crippen LogP contribution in [0.3, 0.4) is 0 Å². The highest BCUT2D eigenvalue weighted by Crippen LogP contribution is 2.11. The minimum Gasteiger partial charge on any atom is -0.492 e. The molecule has 0 spiro atoms. The van der Waals surface area contributed by atoms with Crippen LogP contribution in [0.25, 0.3) is 0 Å². The maximum atomic E-state index is 12.0. The summed E-state index contributed by atoms with van der Waals surface area (Å²) in [4.78, 5) is 24.0. The highest BCUT2D eigenvalue weighted by atomic mass is 16.5. The van der Waals surface area contributed by atoms with E-state index in [1.54, 1.807) is 31.2 Å². The first-order valence-electron chi connectivity index (χ1n) is 7.89. The fraction of sp³-hybridized carbons (Fsp3) is 0.263. The smallest absolute Gasteiger partial charge is 0.251 e. The number of amides is 2. The molecule has 24 heavy (non-hydrogen) atoms. The lowest BCUT2D eigenvalue weighted by Crippen LogP contribution is -2.45. The second kappa shape index (κ2) is 8.72. The molecule has 126 valence electrons. The van der Waals surface area contributed by atoms with Crippen LogP contribution in [-0.4, -0.2) is 31.0 Å². The van der Waals surface area contributed by atoms with E-state index in [-0.39, 0.29) is 11.8 Å². The summed E-state index contributed by atoms with van der Waals surface area (Å²) in [6, 6.07) is 15.9. The van der Waals surface area contributed by atoms with E-state index in [9.17, 15) is 9.59 Å². The van der Waals surface area contributed by atoms with Gasteiger partial charge < -0.3 is 15.4 Å². The number of rotatable bonds is 7. The van der Waals surface area contributed by atoms with Crippen LogP contribution < -0.4 is 15.4 Å². The number of aryl methyl sites for hydroxylation is 1. The molecule has 2 rings (SSSR count). The summed E-state index contributed by atoms with van der Waals surface area (Å²) < 4.78 is 5.57. The van der Waals surface area contributed by atoms with E-state index in [1.807, 2.05) is 37.3 Å². The number of benzene rings is 2. The molecule has 0 aliphatic rings. The van der Waals surface area contributed by atoms with Crippen molar-refractivity contribution < 1.29 is 14.3 Å². The molecule has 5 heteroatoms. The first-order chi connectivity index (χ1) is 11.6. The predicted octanol–water partition coefficient (Wildman–Crippen LogP) is 2.31. The van der Waals surface area contributed by atoms with Gasteiger partial charge in [-0.1, -0.05) is 30.3 Å². The Labute approximate surface area is 142 Å². The Morgan fingerprint density at radius 1 is 1.08 bits per heavy atom. The van der Waals surface area contributed by atoms with Crippen LogP contribution in [0.15, 0.2) is 54.6 Å². The third-order valence-electron chi connectivity index (χ3n) is 3.44. The summed E-state index contributed by atoms with van der Waals surface area (Å²) in [6.07, 6.45) is 0. The third kappa shape index (κ3) is 5.43. The summed E-state index contributed by atoms with van der Waals surface area (Å²) >= 11 is 0. The number of ether oxygens (including phenoxy) is 1. The van der Waals surface area contributed by atoms with Crippen molar-refractivity contribution in [2.75, 3.05) is 13.2 Å². The molecule has 5 nitrogen and oxygen atoms in total. The molecule has 2 aromatic carbocycles. The molecule has 0 saturated carbocycles. The quantitative estimate of drug-likeness (QED) is 0.767. The Bertz CT molecular complexity index is 686. The Morgan fingerprint density at radius 3 is 2.54 bits per heavy atom. The molecule has 0 heterocycles. The van der Waals surface area contributed by atoms with Crippen LogP contribution in [0.2, 0.25) is 0 Å². The van der Waals surface area contributed by atoms with Gasteiger partial charge in [-0.2, -0.15) is 0 Å². The molecule has 0 saturated heterocycles. The topological polar surface area (TPSA) is 67.4 Å². The number of nitrogens with one attached hydrogen (secondary N) is 2. The molecule has 2 N–H and O–H groups in total. The maximum Gasteiger partial charge on any atom is 0.251 e. The molecule has 0 bridgehead atoms. The molecule has 0 fully saturated rings.